The summed E-state index contributed by atoms with van der Waals surface area (Å²) in [5.74, 6) is 3.59. The summed E-state index contributed by atoms with van der Waals surface area (Å²) >= 11 is 0. The Bertz CT molecular complexity index is 2890. The molecule has 5 aromatic carbocycles. The number of benzene rings is 5. The average molecular weight is 1090 g/mol. The lowest BCUT2D eigenvalue weighted by molar-refractivity contribution is 0.246. The maximum Gasteiger partial charge on any atom is 0.647 e. The molecule has 14 heteroatoms. The Morgan fingerprint density at radius 1 is 0.421 bits per heavy atom. The van der Waals surface area contributed by atoms with Gasteiger partial charge in [0.1, 0.15) is 65.7 Å². The summed E-state index contributed by atoms with van der Waals surface area (Å²) in [5.41, 5.74) is 5.91. The van der Waals surface area contributed by atoms with Crippen LogP contribution in [0.5, 0.6) is 40.2 Å². The maximum absolute atomic E-state index is 14.5. The molecule has 0 amide bonds. The molecule has 2 aliphatic rings. The van der Waals surface area contributed by atoms with E-state index in [2.05, 4.69) is 137 Å². The summed E-state index contributed by atoms with van der Waals surface area (Å²) in [5, 5.41) is 0. The fourth-order valence-corrected chi connectivity index (χ4v) is 10.2. The predicted molar refractivity (Wildman–Crippen MR) is 305 cm³/mol. The molecule has 0 bridgehead atoms. The van der Waals surface area contributed by atoms with E-state index in [-0.39, 0.29) is 44.7 Å². The van der Waals surface area contributed by atoms with Gasteiger partial charge in [-0.15, -0.1) is 0 Å². The van der Waals surface area contributed by atoms with Crippen molar-refractivity contribution in [3.05, 3.63) is 136 Å². The summed E-state index contributed by atoms with van der Waals surface area (Å²) in [4.78, 5) is 0. The van der Waals surface area contributed by atoms with Crippen LogP contribution in [0.3, 0.4) is 0 Å². The zero-order valence-electron chi connectivity index (χ0n) is 49.0. The van der Waals surface area contributed by atoms with E-state index in [0.717, 1.165) is 58.1 Å². The lowest BCUT2D eigenvalue weighted by atomic mass is 9.80. The quantitative estimate of drug-likeness (QED) is 0.0648. The molecule has 4 unspecified atom stereocenters. The Morgan fingerprint density at radius 3 is 1.11 bits per heavy atom. The zero-order valence-corrected chi connectivity index (χ0v) is 50.8. The van der Waals surface area contributed by atoms with Gasteiger partial charge in [-0.3, -0.25) is 4.52 Å². The highest BCUT2D eigenvalue weighted by Crippen LogP contribution is 2.54. The molecule has 416 valence electrons. The minimum absolute atomic E-state index is 0.0290. The van der Waals surface area contributed by atoms with Crippen molar-refractivity contribution in [2.45, 2.75) is 176 Å². The minimum Gasteiger partial charge on any atom is -0.490 e. The third kappa shape index (κ3) is 17.0. The molecule has 76 heavy (non-hydrogen) atoms. The van der Waals surface area contributed by atoms with Crippen LogP contribution in [-0.4, -0.2) is 45.7 Å². The molecule has 2 heterocycles. The fourth-order valence-electron chi connectivity index (χ4n) is 8.02. The number of phosphoric ester groups is 2. The van der Waals surface area contributed by atoms with E-state index in [0.29, 0.717) is 42.0 Å². The van der Waals surface area contributed by atoms with Crippen molar-refractivity contribution in [1.82, 2.24) is 0 Å². The van der Waals surface area contributed by atoms with Gasteiger partial charge in [-0.1, -0.05) is 161 Å². The average Bonchev–Trinajstić information content (AvgIpc) is 4.23. The largest absolute Gasteiger partial charge is 0.647 e. The van der Waals surface area contributed by atoms with Gasteiger partial charge in [0.15, 0.2) is 0 Å². The number of epoxide rings is 2. The first kappa shape index (κ1) is 60.3. The summed E-state index contributed by atoms with van der Waals surface area (Å²) in [6.07, 6.45) is 0.291. The van der Waals surface area contributed by atoms with Crippen LogP contribution < -0.4 is 32.1 Å². The van der Waals surface area contributed by atoms with Gasteiger partial charge in [0.05, 0.1) is 13.2 Å². The lowest BCUT2D eigenvalue weighted by Crippen LogP contribution is -2.18. The smallest absolute Gasteiger partial charge is 0.490 e. The molecule has 0 aromatic heterocycles. The number of ether oxygens (including phenoxy) is 4. The van der Waals surface area contributed by atoms with Gasteiger partial charge in [0, 0.05) is 29.4 Å². The normalized spacial score (nSPS) is 17.5. The van der Waals surface area contributed by atoms with E-state index >= 15 is 0 Å². The minimum atomic E-state index is -4.23. The predicted octanol–water partition coefficient (Wildman–Crippen LogP) is 16.9. The lowest BCUT2D eigenvalue weighted by Gasteiger charge is -2.29. The molecule has 0 spiro atoms. The molecular weight excluding hydrogens is 999 g/mol. The SMILES string of the molecule is COP(=O)(Oc1ccc(OCC2CO2)c(C(C)(C)C)c1)Oc1ccc(C(C)(C)C)cc1C(C)(C)C.Cc1cccc(OP(=O)(Oc2ccc(OCC3CO3)c(C(C)(C)C)c2)Oc2ccc(C(C)(C)C)cc2C(C)(C)C)c1. The number of hydrogen-bond acceptors (Lipinski definition) is 12. The molecule has 0 N–H and O–H groups in total. The second-order valence-electron chi connectivity index (χ2n) is 26.1. The molecule has 4 atom stereocenters. The molecule has 2 aliphatic heterocycles. The summed E-state index contributed by atoms with van der Waals surface area (Å²) in [7, 11) is -6.86. The Labute approximate surface area is 455 Å². The first-order valence-electron chi connectivity index (χ1n) is 26.3. The van der Waals surface area contributed by atoms with E-state index in [1.165, 1.54) is 12.7 Å². The van der Waals surface area contributed by atoms with Gasteiger partial charge >= 0.3 is 15.6 Å². The highest BCUT2D eigenvalue weighted by molar-refractivity contribution is 7.50. The summed E-state index contributed by atoms with van der Waals surface area (Å²) in [6.45, 7) is 42.6. The number of aryl methyl sites for hydroxylation is 1. The van der Waals surface area contributed by atoms with Crippen LogP contribution in [0, 0.1) is 6.92 Å². The van der Waals surface area contributed by atoms with Gasteiger partial charge in [-0.25, -0.2) is 4.57 Å². The van der Waals surface area contributed by atoms with Crippen LogP contribution >= 0.6 is 15.6 Å². The third-order valence-electron chi connectivity index (χ3n) is 12.8. The van der Waals surface area contributed by atoms with Crippen LogP contribution in [0.4, 0.5) is 0 Å². The molecule has 2 saturated heterocycles. The Balaban J connectivity index is 0.000000250. The second-order valence-corrected chi connectivity index (χ2v) is 29.2. The second kappa shape index (κ2) is 22.8. The van der Waals surface area contributed by atoms with Gasteiger partial charge in [0.2, 0.25) is 0 Å². The molecule has 0 radical (unpaired) electrons. The van der Waals surface area contributed by atoms with Crippen molar-refractivity contribution in [3.8, 4) is 40.2 Å². The molecule has 0 aliphatic carbocycles. The van der Waals surface area contributed by atoms with Gasteiger partial charge in [-0.05, 0) is 117 Å². The zero-order chi connectivity index (χ0) is 56.5. The first-order chi connectivity index (χ1) is 34.9. The van der Waals surface area contributed by atoms with E-state index in [4.69, 9.17) is 46.1 Å². The Hall–Kier alpha value is -4.96. The fraction of sp³-hybridized carbons (Fsp3) is 0.516. The first-order valence-corrected chi connectivity index (χ1v) is 29.3. The van der Waals surface area contributed by atoms with Crippen molar-refractivity contribution in [2.75, 3.05) is 33.5 Å². The Kier molecular flexibility index (Phi) is 18.1. The van der Waals surface area contributed by atoms with Crippen LogP contribution in [-0.2, 0) is 55.6 Å². The Morgan fingerprint density at radius 2 is 0.763 bits per heavy atom. The monoisotopic (exact) mass is 1080 g/mol. The van der Waals surface area contributed by atoms with Crippen molar-refractivity contribution in [3.63, 3.8) is 0 Å². The van der Waals surface area contributed by atoms with Crippen LogP contribution in [0.2, 0.25) is 0 Å². The van der Waals surface area contributed by atoms with Gasteiger partial charge < -0.3 is 41.6 Å². The van der Waals surface area contributed by atoms with Crippen molar-refractivity contribution < 1.29 is 55.2 Å². The van der Waals surface area contributed by atoms with Crippen molar-refractivity contribution in [1.29, 1.82) is 0 Å². The number of rotatable bonds is 17. The summed E-state index contributed by atoms with van der Waals surface area (Å²) in [6, 6.07) is 30.1. The summed E-state index contributed by atoms with van der Waals surface area (Å²) < 4.78 is 86.5. The molecule has 2 fully saturated rings. The molecule has 7 rings (SSSR count). The van der Waals surface area contributed by atoms with Crippen molar-refractivity contribution in [2.24, 2.45) is 0 Å². The third-order valence-corrected chi connectivity index (χ3v) is 15.4. The van der Waals surface area contributed by atoms with E-state index in [1.807, 2.05) is 73.7 Å². The standard InChI is InChI=1S/C34H45O6P.C28H41O6P/c1-23-12-11-13-25(18-23)38-41(35,40-31-16-14-24(32(2,3)4)19-28(31)33(5,6)7)39-26-15-17-30(37-22-27-21-36-27)29(20-26)34(8,9)10;1-26(2,3)19-11-13-25(22(15-19)27(4,5)6)34-35(29,30-10)33-20-12-14-24(32-18-21-17-31-21)23(16-20)28(7,8)9/h11-20,27H,21-22H2,1-10H3;11-16,21H,17-18H2,1-10H3. The van der Waals surface area contributed by atoms with Crippen LogP contribution in [0.25, 0.3) is 0 Å². The van der Waals surface area contributed by atoms with E-state index in [1.54, 1.807) is 18.2 Å². The number of hydrogen-bond donors (Lipinski definition) is 0. The number of phosphoric acid groups is 2. The highest BCUT2D eigenvalue weighted by atomic mass is 31.2. The van der Waals surface area contributed by atoms with E-state index < -0.39 is 15.6 Å². The van der Waals surface area contributed by atoms with E-state index in [9.17, 15) is 9.13 Å². The molecule has 12 nitrogen and oxygen atoms in total. The van der Waals surface area contributed by atoms with Crippen molar-refractivity contribution >= 4 is 15.6 Å². The molecular formula is C62H86O12P2. The van der Waals surface area contributed by atoms with Crippen LogP contribution in [0.1, 0.15) is 164 Å². The highest BCUT2D eigenvalue weighted by Gasteiger charge is 2.38. The van der Waals surface area contributed by atoms with Gasteiger partial charge in [0.25, 0.3) is 0 Å². The van der Waals surface area contributed by atoms with Crippen LogP contribution in [0.15, 0.2) is 97.1 Å². The molecule has 5 aromatic rings. The maximum atomic E-state index is 14.5. The van der Waals surface area contributed by atoms with Gasteiger partial charge in [-0.2, -0.15) is 4.57 Å². The topological polar surface area (TPSA) is 133 Å². The molecule has 0 saturated carbocycles.